The summed E-state index contributed by atoms with van der Waals surface area (Å²) in [5.74, 6) is -0.0648. The fourth-order valence-electron chi connectivity index (χ4n) is 4.13. The number of alkyl halides is 3. The summed E-state index contributed by atoms with van der Waals surface area (Å²) in [5, 5.41) is 9.38. The molecule has 2 aromatic rings. The second-order valence-corrected chi connectivity index (χ2v) is 8.23. The normalized spacial score (nSPS) is 17.8. The van der Waals surface area contributed by atoms with E-state index in [2.05, 4.69) is 0 Å². The minimum atomic E-state index is -4.41. The van der Waals surface area contributed by atoms with Crippen LogP contribution in [0.5, 0.6) is 0 Å². The minimum absolute atomic E-state index is 0.00218. The van der Waals surface area contributed by atoms with Crippen LogP contribution in [0.1, 0.15) is 35.1 Å². The van der Waals surface area contributed by atoms with Gasteiger partial charge in [0, 0.05) is 20.0 Å². The van der Waals surface area contributed by atoms with Gasteiger partial charge in [-0.3, -0.25) is 4.79 Å². The molecule has 30 heavy (non-hydrogen) atoms. The molecule has 1 amide bonds. The maximum Gasteiger partial charge on any atom is 0.416 e. The highest BCUT2D eigenvalue weighted by Crippen LogP contribution is 2.36. The average Bonchev–Trinajstić information content (AvgIpc) is 3.03. The third-order valence-corrected chi connectivity index (χ3v) is 6.11. The number of benzene rings is 2. The van der Waals surface area contributed by atoms with Gasteiger partial charge in [-0.15, -0.1) is 0 Å². The van der Waals surface area contributed by atoms with Gasteiger partial charge in [0.1, 0.15) is 6.07 Å². The van der Waals surface area contributed by atoms with Gasteiger partial charge in [-0.05, 0) is 60.4 Å². The van der Waals surface area contributed by atoms with Crippen LogP contribution in [-0.2, 0) is 23.8 Å². The Hall–Kier alpha value is -2.52. The van der Waals surface area contributed by atoms with Crippen molar-refractivity contribution in [2.45, 2.75) is 31.9 Å². The fourth-order valence-corrected chi connectivity index (χ4v) is 4.38. The van der Waals surface area contributed by atoms with Gasteiger partial charge in [-0.1, -0.05) is 35.9 Å². The van der Waals surface area contributed by atoms with E-state index in [1.165, 1.54) is 12.1 Å². The molecule has 1 heterocycles. The molecule has 0 N–H and O–H groups in total. The summed E-state index contributed by atoms with van der Waals surface area (Å²) in [5.41, 5.74) is 0.953. The van der Waals surface area contributed by atoms with Crippen LogP contribution in [0.3, 0.4) is 0 Å². The Morgan fingerprint density at radius 1 is 1.27 bits per heavy atom. The number of hydrogen-bond acceptors (Lipinski definition) is 2. The van der Waals surface area contributed by atoms with Crippen LogP contribution >= 0.6 is 11.6 Å². The van der Waals surface area contributed by atoms with Crippen molar-refractivity contribution < 1.29 is 18.0 Å². The van der Waals surface area contributed by atoms with Crippen LogP contribution in [-0.4, -0.2) is 24.4 Å². The van der Waals surface area contributed by atoms with E-state index in [0.717, 1.165) is 11.6 Å². The zero-order chi connectivity index (χ0) is 21.9. The van der Waals surface area contributed by atoms with E-state index in [0.29, 0.717) is 36.4 Å². The molecule has 3 rings (SSSR count). The summed E-state index contributed by atoms with van der Waals surface area (Å²) < 4.78 is 40.4. The molecule has 0 spiro atoms. The number of halogens is 4. The lowest BCUT2D eigenvalue weighted by Crippen LogP contribution is -2.24. The third-order valence-electron chi connectivity index (χ3n) is 5.80. The van der Waals surface area contributed by atoms with E-state index >= 15 is 0 Å². The first-order valence-corrected chi connectivity index (χ1v) is 10.1. The summed E-state index contributed by atoms with van der Waals surface area (Å²) >= 11 is 6.11. The Labute approximate surface area is 179 Å². The minimum Gasteiger partial charge on any atom is -0.345 e. The van der Waals surface area contributed by atoms with Crippen LogP contribution < -0.4 is 0 Å². The smallest absolute Gasteiger partial charge is 0.345 e. The van der Waals surface area contributed by atoms with Crippen molar-refractivity contribution in [1.29, 1.82) is 5.26 Å². The summed E-state index contributed by atoms with van der Waals surface area (Å²) in [7, 11) is 1.73. The summed E-state index contributed by atoms with van der Waals surface area (Å²) in [6, 6.07) is 12.9. The molecule has 0 aromatic heterocycles. The molecule has 2 unspecified atom stereocenters. The van der Waals surface area contributed by atoms with Crippen LogP contribution in [0.4, 0.5) is 13.2 Å². The van der Waals surface area contributed by atoms with Gasteiger partial charge in [-0.25, -0.2) is 0 Å². The fraction of sp³-hybridized carbons (Fsp3) is 0.391. The topological polar surface area (TPSA) is 44.1 Å². The molecule has 0 bridgehead atoms. The molecular formula is C23H22ClF3N2O. The van der Waals surface area contributed by atoms with Gasteiger partial charge in [0.25, 0.3) is 0 Å². The number of hydrogen-bond donors (Lipinski definition) is 0. The largest absolute Gasteiger partial charge is 0.416 e. The van der Waals surface area contributed by atoms with Gasteiger partial charge < -0.3 is 4.90 Å². The number of likely N-dealkylation sites (tertiary alicyclic amines) is 1. The van der Waals surface area contributed by atoms with Gasteiger partial charge in [0.2, 0.25) is 5.91 Å². The lowest BCUT2D eigenvalue weighted by Gasteiger charge is -2.25. The molecule has 1 aliphatic rings. The number of nitriles is 1. The number of nitrogens with zero attached hydrogens (tertiary/aromatic N) is 2. The van der Waals surface area contributed by atoms with Crippen molar-refractivity contribution in [3.63, 3.8) is 0 Å². The lowest BCUT2D eigenvalue weighted by atomic mass is 9.81. The summed E-state index contributed by atoms with van der Waals surface area (Å²) in [6.45, 7) is 0.547. The predicted molar refractivity (Wildman–Crippen MR) is 109 cm³/mol. The van der Waals surface area contributed by atoms with Crippen molar-refractivity contribution in [1.82, 2.24) is 4.90 Å². The summed E-state index contributed by atoms with van der Waals surface area (Å²) in [6.07, 6.45) is -2.57. The highest BCUT2D eigenvalue weighted by molar-refractivity contribution is 6.31. The Morgan fingerprint density at radius 3 is 2.60 bits per heavy atom. The Bertz CT molecular complexity index is 968. The first kappa shape index (κ1) is 22.2. The molecule has 7 heteroatoms. The zero-order valence-electron chi connectivity index (χ0n) is 16.5. The summed E-state index contributed by atoms with van der Waals surface area (Å²) in [4.78, 5) is 13.7. The molecule has 1 aliphatic heterocycles. The number of carbonyl (C=O) groups is 1. The molecule has 0 radical (unpaired) electrons. The molecule has 1 fully saturated rings. The number of aryl methyl sites for hydroxylation is 1. The maximum absolute atomic E-state index is 13.5. The standard InChI is InChI=1S/C23H22ClF3N2O/c1-29-14-19(12-22(29)30)16(8-6-15-7-9-18(13-28)21(24)10-15)11-17-4-2-3-5-20(17)23(25,26)27/h2-5,7,9-10,16,19H,6,8,11-12,14H2,1H3. The van der Waals surface area contributed by atoms with E-state index in [1.54, 1.807) is 30.1 Å². The number of carbonyl (C=O) groups excluding carboxylic acids is 1. The molecule has 2 atom stereocenters. The lowest BCUT2D eigenvalue weighted by molar-refractivity contribution is -0.138. The van der Waals surface area contributed by atoms with E-state index in [4.69, 9.17) is 16.9 Å². The second kappa shape index (κ2) is 9.09. The van der Waals surface area contributed by atoms with E-state index in [-0.39, 0.29) is 29.7 Å². The highest BCUT2D eigenvalue weighted by Gasteiger charge is 2.36. The van der Waals surface area contributed by atoms with Crippen molar-refractivity contribution in [3.05, 3.63) is 69.7 Å². The Kier molecular flexibility index (Phi) is 6.72. The predicted octanol–water partition coefficient (Wildman–Crippen LogP) is 5.50. The van der Waals surface area contributed by atoms with Crippen molar-refractivity contribution in [2.75, 3.05) is 13.6 Å². The number of amides is 1. The third kappa shape index (κ3) is 5.14. The molecular weight excluding hydrogens is 413 g/mol. The molecule has 0 aliphatic carbocycles. The Balaban J connectivity index is 1.82. The zero-order valence-corrected chi connectivity index (χ0v) is 17.3. The maximum atomic E-state index is 13.5. The molecule has 2 aromatic carbocycles. The quantitative estimate of drug-likeness (QED) is 0.602. The van der Waals surface area contributed by atoms with Crippen LogP contribution in [0.25, 0.3) is 0 Å². The molecule has 158 valence electrons. The first-order chi connectivity index (χ1) is 14.2. The van der Waals surface area contributed by atoms with E-state index < -0.39 is 11.7 Å². The van der Waals surface area contributed by atoms with Crippen LogP contribution in [0.15, 0.2) is 42.5 Å². The Morgan fingerprint density at radius 2 is 2.00 bits per heavy atom. The first-order valence-electron chi connectivity index (χ1n) is 9.76. The van der Waals surface area contributed by atoms with Gasteiger partial charge in [0.05, 0.1) is 16.1 Å². The van der Waals surface area contributed by atoms with Gasteiger partial charge in [-0.2, -0.15) is 18.4 Å². The van der Waals surface area contributed by atoms with E-state index in [9.17, 15) is 18.0 Å². The van der Waals surface area contributed by atoms with Gasteiger partial charge >= 0.3 is 6.18 Å². The molecule has 1 saturated heterocycles. The van der Waals surface area contributed by atoms with Crippen LogP contribution in [0.2, 0.25) is 5.02 Å². The molecule has 0 saturated carbocycles. The SMILES string of the molecule is CN1CC(C(CCc2ccc(C#N)c(Cl)c2)Cc2ccccc2C(F)(F)F)CC1=O. The second-order valence-electron chi connectivity index (χ2n) is 7.82. The van der Waals surface area contributed by atoms with Crippen molar-refractivity contribution >= 4 is 17.5 Å². The van der Waals surface area contributed by atoms with Crippen molar-refractivity contribution in [3.8, 4) is 6.07 Å². The average molecular weight is 435 g/mol. The van der Waals surface area contributed by atoms with Crippen LogP contribution in [0, 0.1) is 23.2 Å². The van der Waals surface area contributed by atoms with Gasteiger partial charge in [0.15, 0.2) is 0 Å². The monoisotopic (exact) mass is 434 g/mol. The highest BCUT2D eigenvalue weighted by atomic mass is 35.5. The van der Waals surface area contributed by atoms with E-state index in [1.807, 2.05) is 12.1 Å². The number of rotatable bonds is 6. The molecule has 3 nitrogen and oxygen atoms in total. The van der Waals surface area contributed by atoms with Crippen molar-refractivity contribution in [2.24, 2.45) is 11.8 Å².